The lowest BCUT2D eigenvalue weighted by Crippen LogP contribution is -2.32. The second-order valence-electron chi connectivity index (χ2n) is 7.83. The second-order valence-corrected chi connectivity index (χ2v) is 8.77. The number of halogens is 1. The van der Waals surface area contributed by atoms with Gasteiger partial charge in [-0.25, -0.2) is 9.98 Å². The molecule has 2 N–H and O–H groups in total. The summed E-state index contributed by atoms with van der Waals surface area (Å²) >= 11 is 1.63. The van der Waals surface area contributed by atoms with E-state index in [2.05, 4.69) is 15.6 Å². The van der Waals surface area contributed by atoms with Gasteiger partial charge < -0.3 is 24.8 Å². The number of aryl methyl sites for hydroxylation is 1. The zero-order valence-electron chi connectivity index (χ0n) is 19.1. The Morgan fingerprint density at radius 2 is 2.12 bits per heavy atom. The third-order valence-electron chi connectivity index (χ3n) is 4.80. The van der Waals surface area contributed by atoms with Crippen LogP contribution in [0.5, 0.6) is 5.75 Å². The first-order valence-electron chi connectivity index (χ1n) is 11.0. The molecule has 1 aliphatic rings. The standard InChI is InChI=1S/C23H34N4O3S.HI/c1-17(2)30-20-9-7-19(8-10-20)27-23(25-14-22-18(3)26-16-31-22)24-11-5-12-28-15-21-6-4-13-29-21;/h7-10,16-17,21H,4-6,11-15H2,1-3H3,(H2,24,25,27);1H. The summed E-state index contributed by atoms with van der Waals surface area (Å²) in [5, 5.41) is 6.79. The Balaban J connectivity index is 0.00000363. The Labute approximate surface area is 212 Å². The summed E-state index contributed by atoms with van der Waals surface area (Å²) in [6.45, 7) is 9.68. The normalized spacial score (nSPS) is 16.1. The first kappa shape index (κ1) is 26.8. The van der Waals surface area contributed by atoms with Crippen LogP contribution in [0.4, 0.5) is 5.69 Å². The highest BCUT2D eigenvalue weighted by atomic mass is 127. The predicted octanol–water partition coefficient (Wildman–Crippen LogP) is 5.00. The monoisotopic (exact) mass is 574 g/mol. The highest BCUT2D eigenvalue weighted by Gasteiger charge is 2.15. The molecule has 1 fully saturated rings. The van der Waals surface area contributed by atoms with Gasteiger partial charge in [-0.1, -0.05) is 0 Å². The number of benzene rings is 1. The van der Waals surface area contributed by atoms with Gasteiger partial charge in [0.25, 0.3) is 0 Å². The van der Waals surface area contributed by atoms with Crippen LogP contribution in [-0.4, -0.2) is 49.5 Å². The molecule has 1 atom stereocenters. The summed E-state index contributed by atoms with van der Waals surface area (Å²) < 4.78 is 17.1. The van der Waals surface area contributed by atoms with E-state index in [0.29, 0.717) is 19.8 Å². The van der Waals surface area contributed by atoms with Crippen LogP contribution >= 0.6 is 35.3 Å². The maximum Gasteiger partial charge on any atom is 0.196 e. The van der Waals surface area contributed by atoms with Crippen molar-refractivity contribution in [2.75, 3.05) is 31.7 Å². The molecule has 1 saturated heterocycles. The third kappa shape index (κ3) is 9.60. The molecular weight excluding hydrogens is 539 g/mol. The summed E-state index contributed by atoms with van der Waals surface area (Å²) in [4.78, 5) is 10.2. The first-order chi connectivity index (χ1) is 15.1. The van der Waals surface area contributed by atoms with Crippen molar-refractivity contribution in [2.45, 2.75) is 58.8 Å². The van der Waals surface area contributed by atoms with Gasteiger partial charge in [0.05, 0.1) is 36.6 Å². The molecule has 1 unspecified atom stereocenters. The number of nitrogens with one attached hydrogen (secondary N) is 2. The number of guanidine groups is 1. The second kappa shape index (κ2) is 14.7. The van der Waals surface area contributed by atoms with Crippen LogP contribution in [-0.2, 0) is 16.0 Å². The van der Waals surface area contributed by atoms with Crippen LogP contribution in [0, 0.1) is 6.92 Å². The Hall–Kier alpha value is -1.43. The zero-order chi connectivity index (χ0) is 21.9. The van der Waals surface area contributed by atoms with Crippen molar-refractivity contribution in [1.29, 1.82) is 0 Å². The van der Waals surface area contributed by atoms with Gasteiger partial charge in [-0.15, -0.1) is 35.3 Å². The fourth-order valence-electron chi connectivity index (χ4n) is 3.17. The Morgan fingerprint density at radius 1 is 1.31 bits per heavy atom. The molecule has 0 saturated carbocycles. The van der Waals surface area contributed by atoms with E-state index in [-0.39, 0.29) is 36.2 Å². The maximum atomic E-state index is 5.75. The molecule has 0 amide bonds. The van der Waals surface area contributed by atoms with Crippen LogP contribution in [0.3, 0.4) is 0 Å². The lowest BCUT2D eigenvalue weighted by atomic mass is 10.2. The van der Waals surface area contributed by atoms with Crippen molar-refractivity contribution < 1.29 is 14.2 Å². The first-order valence-corrected chi connectivity index (χ1v) is 11.9. The molecule has 1 aliphatic heterocycles. The van der Waals surface area contributed by atoms with E-state index in [1.165, 1.54) is 4.88 Å². The lowest BCUT2D eigenvalue weighted by Gasteiger charge is -2.14. The number of aliphatic imine (C=N–C) groups is 1. The minimum absolute atomic E-state index is 0. The van der Waals surface area contributed by atoms with Crippen LogP contribution in [0.15, 0.2) is 34.8 Å². The van der Waals surface area contributed by atoms with Crippen molar-refractivity contribution >= 4 is 47.0 Å². The molecule has 1 aromatic carbocycles. The maximum absolute atomic E-state index is 5.75. The van der Waals surface area contributed by atoms with Gasteiger partial charge >= 0.3 is 0 Å². The van der Waals surface area contributed by atoms with Gasteiger partial charge in [0.1, 0.15) is 5.75 Å². The molecule has 0 radical (unpaired) electrons. The molecule has 0 spiro atoms. The molecule has 178 valence electrons. The predicted molar refractivity (Wildman–Crippen MR) is 142 cm³/mol. The highest BCUT2D eigenvalue weighted by Crippen LogP contribution is 2.17. The Bertz CT molecular complexity index is 808. The molecule has 3 rings (SSSR count). The molecular formula is C23H35IN4O3S. The van der Waals surface area contributed by atoms with Gasteiger partial charge in [0.2, 0.25) is 0 Å². The summed E-state index contributed by atoms with van der Waals surface area (Å²) in [7, 11) is 0. The summed E-state index contributed by atoms with van der Waals surface area (Å²) in [5.41, 5.74) is 3.85. The van der Waals surface area contributed by atoms with Crippen molar-refractivity contribution in [3.63, 3.8) is 0 Å². The number of anilines is 1. The van der Waals surface area contributed by atoms with Crippen LogP contribution in [0.25, 0.3) is 0 Å². The van der Waals surface area contributed by atoms with Crippen molar-refractivity contribution in [2.24, 2.45) is 4.99 Å². The molecule has 1 aromatic heterocycles. The van der Waals surface area contributed by atoms with Crippen molar-refractivity contribution in [1.82, 2.24) is 10.3 Å². The van der Waals surface area contributed by atoms with E-state index < -0.39 is 0 Å². The molecule has 2 heterocycles. The minimum Gasteiger partial charge on any atom is -0.491 e. The minimum atomic E-state index is 0. The molecule has 7 nitrogen and oxygen atoms in total. The van der Waals surface area contributed by atoms with Gasteiger partial charge in [-0.2, -0.15) is 0 Å². The number of nitrogens with zero attached hydrogens (tertiary/aromatic N) is 2. The summed E-state index contributed by atoms with van der Waals surface area (Å²) in [6.07, 6.45) is 3.58. The topological polar surface area (TPSA) is 77.0 Å². The molecule has 9 heteroatoms. The molecule has 32 heavy (non-hydrogen) atoms. The highest BCUT2D eigenvalue weighted by molar-refractivity contribution is 14.0. The van der Waals surface area contributed by atoms with E-state index >= 15 is 0 Å². The smallest absolute Gasteiger partial charge is 0.196 e. The van der Waals surface area contributed by atoms with E-state index in [9.17, 15) is 0 Å². The number of thiazole rings is 1. The number of hydrogen-bond acceptors (Lipinski definition) is 6. The average Bonchev–Trinajstić information content (AvgIpc) is 3.41. The SMILES string of the molecule is Cc1ncsc1CN=C(NCCCOCC1CCCO1)Nc1ccc(OC(C)C)cc1.I. The fourth-order valence-corrected chi connectivity index (χ4v) is 3.87. The number of aromatic nitrogens is 1. The fraction of sp³-hybridized carbons (Fsp3) is 0.565. The van der Waals surface area contributed by atoms with Crippen LogP contribution in [0.1, 0.15) is 43.7 Å². The molecule has 0 bridgehead atoms. The van der Waals surface area contributed by atoms with Gasteiger partial charge in [0.15, 0.2) is 5.96 Å². The molecule has 0 aliphatic carbocycles. The van der Waals surface area contributed by atoms with Crippen molar-refractivity contribution in [3.05, 3.63) is 40.3 Å². The summed E-state index contributed by atoms with van der Waals surface area (Å²) in [5.74, 6) is 1.60. The average molecular weight is 575 g/mol. The Morgan fingerprint density at radius 3 is 2.78 bits per heavy atom. The quantitative estimate of drug-likeness (QED) is 0.170. The molecule has 2 aromatic rings. The number of rotatable bonds is 11. The lowest BCUT2D eigenvalue weighted by molar-refractivity contribution is 0.0168. The van der Waals surface area contributed by atoms with E-state index in [0.717, 1.165) is 55.5 Å². The third-order valence-corrected chi connectivity index (χ3v) is 5.72. The summed E-state index contributed by atoms with van der Waals surface area (Å²) in [6, 6.07) is 7.92. The van der Waals surface area contributed by atoms with E-state index in [4.69, 9.17) is 19.2 Å². The van der Waals surface area contributed by atoms with Crippen LogP contribution in [0.2, 0.25) is 0 Å². The van der Waals surface area contributed by atoms with Gasteiger partial charge in [0, 0.05) is 30.3 Å². The number of ether oxygens (including phenoxy) is 3. The van der Waals surface area contributed by atoms with Gasteiger partial charge in [-0.05, 0) is 64.3 Å². The number of hydrogen-bond donors (Lipinski definition) is 2. The largest absolute Gasteiger partial charge is 0.491 e. The van der Waals surface area contributed by atoms with Crippen molar-refractivity contribution in [3.8, 4) is 5.75 Å². The van der Waals surface area contributed by atoms with Gasteiger partial charge in [-0.3, -0.25) is 0 Å². The van der Waals surface area contributed by atoms with E-state index in [1.54, 1.807) is 11.3 Å². The zero-order valence-corrected chi connectivity index (χ0v) is 22.3. The van der Waals surface area contributed by atoms with E-state index in [1.807, 2.05) is 50.5 Å². The Kier molecular flexibility index (Phi) is 12.3. The van der Waals surface area contributed by atoms with Crippen LogP contribution < -0.4 is 15.4 Å².